The Kier molecular flexibility index (Phi) is 6.35. The summed E-state index contributed by atoms with van der Waals surface area (Å²) < 4.78 is 25.4. The Labute approximate surface area is 124 Å². The van der Waals surface area contributed by atoms with Crippen molar-refractivity contribution in [3.05, 3.63) is 38.8 Å². The van der Waals surface area contributed by atoms with Crippen LogP contribution in [0.4, 0.5) is 0 Å². The molecule has 0 aliphatic heterocycles. The summed E-state index contributed by atoms with van der Waals surface area (Å²) in [5, 5.41) is 0. The molecule has 1 rings (SSSR count). The first kappa shape index (κ1) is 15.7. The maximum absolute atomic E-state index is 12.4. The average molecular weight is 378 g/mol. The van der Waals surface area contributed by atoms with Crippen LogP contribution in [0.25, 0.3) is 0 Å². The van der Waals surface area contributed by atoms with Crippen molar-refractivity contribution < 1.29 is 8.42 Å². The van der Waals surface area contributed by atoms with Crippen LogP contribution in [-0.4, -0.2) is 8.42 Å². The highest BCUT2D eigenvalue weighted by molar-refractivity contribution is 14.1. The van der Waals surface area contributed by atoms with Gasteiger partial charge in [-0.15, -0.1) is 0 Å². The topological polar surface area (TPSA) is 34.1 Å². The number of unbranched alkanes of at least 4 members (excludes halogenated alkanes) is 1. The summed E-state index contributed by atoms with van der Waals surface area (Å²) in [6, 6.07) is 8.65. The highest BCUT2D eigenvalue weighted by Crippen LogP contribution is 2.30. The summed E-state index contributed by atoms with van der Waals surface area (Å²) >= 11 is 1.98. The predicted molar refractivity (Wildman–Crippen MR) is 84.5 cm³/mol. The van der Waals surface area contributed by atoms with Crippen molar-refractivity contribution in [3.63, 3.8) is 0 Å². The molecule has 0 aromatic heterocycles. The quantitative estimate of drug-likeness (QED) is 0.672. The molecule has 0 saturated heterocycles. The van der Waals surface area contributed by atoms with Crippen molar-refractivity contribution in [2.75, 3.05) is 0 Å². The summed E-state index contributed by atoms with van der Waals surface area (Å²) in [7, 11) is -3.31. The molecule has 0 fully saturated rings. The van der Waals surface area contributed by atoms with Crippen LogP contribution in [0.3, 0.4) is 0 Å². The smallest absolute Gasteiger partial charge is 0.212 e. The van der Waals surface area contributed by atoms with Crippen molar-refractivity contribution in [1.29, 1.82) is 0 Å². The molecule has 0 saturated carbocycles. The Morgan fingerprint density at radius 2 is 1.78 bits per heavy atom. The molecule has 0 unspecified atom stereocenters. The number of halogens is 1. The first-order chi connectivity index (χ1) is 8.54. The number of hydrogen-bond acceptors (Lipinski definition) is 2. The highest BCUT2D eigenvalue weighted by atomic mass is 127. The standard InChI is InChI=1S/C14H19IO2S/c1-3-5-9-12(4-2)14(15)18(16,17)13-10-7-6-8-11-13/h6-8,10-11H,3-5,9H2,1-2H3/b14-12-. The number of benzene rings is 1. The van der Waals surface area contributed by atoms with Gasteiger partial charge < -0.3 is 0 Å². The first-order valence-electron chi connectivity index (χ1n) is 6.21. The molecule has 0 aliphatic carbocycles. The van der Waals surface area contributed by atoms with E-state index in [-0.39, 0.29) is 0 Å². The third kappa shape index (κ3) is 3.82. The monoisotopic (exact) mass is 378 g/mol. The minimum absolute atomic E-state index is 0.386. The van der Waals surface area contributed by atoms with E-state index in [0.717, 1.165) is 31.3 Å². The minimum Gasteiger partial charge on any atom is -0.218 e. The summed E-state index contributed by atoms with van der Waals surface area (Å²) in [4.78, 5) is 0.386. The van der Waals surface area contributed by atoms with E-state index in [1.165, 1.54) is 0 Å². The van der Waals surface area contributed by atoms with Gasteiger partial charge in [-0.2, -0.15) is 0 Å². The molecule has 2 nitrogen and oxygen atoms in total. The van der Waals surface area contributed by atoms with Crippen molar-refractivity contribution in [2.45, 2.75) is 44.4 Å². The molecule has 1 aromatic carbocycles. The van der Waals surface area contributed by atoms with Crippen molar-refractivity contribution in [3.8, 4) is 0 Å². The Balaban J connectivity index is 3.14. The molecule has 0 heterocycles. The molecule has 0 radical (unpaired) electrons. The molecule has 0 amide bonds. The van der Waals surface area contributed by atoms with Crippen LogP contribution in [0.15, 0.2) is 43.7 Å². The molecular formula is C14H19IO2S. The fourth-order valence-corrected chi connectivity index (χ4v) is 4.46. The SMILES string of the molecule is CCCC/C(CC)=C(/I)S(=O)(=O)c1ccccc1. The fourth-order valence-electron chi connectivity index (χ4n) is 1.70. The largest absolute Gasteiger partial charge is 0.218 e. The molecule has 0 atom stereocenters. The molecule has 18 heavy (non-hydrogen) atoms. The van der Waals surface area contributed by atoms with E-state index in [4.69, 9.17) is 0 Å². The van der Waals surface area contributed by atoms with Gasteiger partial charge in [0.25, 0.3) is 0 Å². The Morgan fingerprint density at radius 1 is 1.17 bits per heavy atom. The zero-order valence-electron chi connectivity index (χ0n) is 10.8. The van der Waals surface area contributed by atoms with E-state index in [0.29, 0.717) is 7.81 Å². The van der Waals surface area contributed by atoms with Crippen LogP contribution in [-0.2, 0) is 9.84 Å². The number of hydrogen-bond donors (Lipinski definition) is 0. The minimum atomic E-state index is -3.31. The van der Waals surface area contributed by atoms with Crippen molar-refractivity contribution in [1.82, 2.24) is 0 Å². The lowest BCUT2D eigenvalue weighted by Gasteiger charge is -2.10. The second kappa shape index (κ2) is 7.28. The molecular weight excluding hydrogens is 359 g/mol. The van der Waals surface area contributed by atoms with Crippen LogP contribution in [0.2, 0.25) is 0 Å². The second-order valence-corrected chi connectivity index (χ2v) is 7.85. The van der Waals surface area contributed by atoms with E-state index in [1.807, 2.05) is 35.6 Å². The van der Waals surface area contributed by atoms with E-state index in [2.05, 4.69) is 6.92 Å². The van der Waals surface area contributed by atoms with E-state index in [9.17, 15) is 8.42 Å². The third-order valence-corrected chi connectivity index (χ3v) is 6.98. The maximum atomic E-state index is 12.4. The van der Waals surface area contributed by atoms with E-state index in [1.54, 1.807) is 24.3 Å². The van der Waals surface area contributed by atoms with Gasteiger partial charge in [0.15, 0.2) is 0 Å². The zero-order chi connectivity index (χ0) is 13.6. The van der Waals surface area contributed by atoms with Crippen molar-refractivity contribution >= 4 is 32.4 Å². The van der Waals surface area contributed by atoms with Gasteiger partial charge >= 0.3 is 0 Å². The maximum Gasteiger partial charge on any atom is 0.212 e. The molecule has 1 aromatic rings. The van der Waals surface area contributed by atoms with Gasteiger partial charge in [-0.1, -0.05) is 38.5 Å². The third-order valence-electron chi connectivity index (χ3n) is 2.83. The summed E-state index contributed by atoms with van der Waals surface area (Å²) in [5.74, 6) is 0. The summed E-state index contributed by atoms with van der Waals surface area (Å²) in [6.45, 7) is 4.13. The van der Waals surface area contributed by atoms with E-state index >= 15 is 0 Å². The molecule has 0 spiro atoms. The molecule has 0 aliphatic rings. The van der Waals surface area contributed by atoms with Gasteiger partial charge in [-0.25, -0.2) is 8.42 Å². The lowest BCUT2D eigenvalue weighted by molar-refractivity contribution is 0.603. The Morgan fingerprint density at radius 3 is 2.28 bits per heavy atom. The van der Waals surface area contributed by atoms with Gasteiger partial charge in [-0.3, -0.25) is 0 Å². The van der Waals surface area contributed by atoms with Crippen LogP contribution < -0.4 is 0 Å². The average Bonchev–Trinajstić information content (AvgIpc) is 2.40. The fraction of sp³-hybridized carbons (Fsp3) is 0.429. The molecule has 0 N–H and O–H groups in total. The van der Waals surface area contributed by atoms with Crippen molar-refractivity contribution in [2.24, 2.45) is 0 Å². The summed E-state index contributed by atoms with van der Waals surface area (Å²) in [5.41, 5.74) is 1.04. The normalized spacial score (nSPS) is 13.3. The van der Waals surface area contributed by atoms with Gasteiger partial charge in [0.2, 0.25) is 9.84 Å². The van der Waals surface area contributed by atoms with Gasteiger partial charge in [0, 0.05) is 0 Å². The zero-order valence-corrected chi connectivity index (χ0v) is 13.8. The lowest BCUT2D eigenvalue weighted by atomic mass is 10.1. The van der Waals surface area contributed by atoms with Crippen LogP contribution in [0, 0.1) is 0 Å². The lowest BCUT2D eigenvalue weighted by Crippen LogP contribution is -2.03. The Hall–Kier alpha value is -0.360. The van der Waals surface area contributed by atoms with Crippen LogP contribution in [0.1, 0.15) is 39.5 Å². The molecule has 4 heteroatoms. The van der Waals surface area contributed by atoms with Gasteiger partial charge in [0.1, 0.15) is 2.91 Å². The highest BCUT2D eigenvalue weighted by Gasteiger charge is 2.20. The van der Waals surface area contributed by atoms with Gasteiger partial charge in [-0.05, 0) is 59.6 Å². The van der Waals surface area contributed by atoms with Gasteiger partial charge in [0.05, 0.1) is 4.90 Å². The Bertz CT molecular complexity index is 504. The number of rotatable bonds is 6. The van der Waals surface area contributed by atoms with E-state index < -0.39 is 9.84 Å². The molecule has 0 bridgehead atoms. The van der Waals surface area contributed by atoms with Crippen LogP contribution >= 0.6 is 22.6 Å². The first-order valence-corrected chi connectivity index (χ1v) is 8.77. The predicted octanol–water partition coefficient (Wildman–Crippen LogP) is 4.71. The number of allylic oxidation sites excluding steroid dienone is 1. The summed E-state index contributed by atoms with van der Waals surface area (Å²) in [6.07, 6.45) is 3.79. The second-order valence-electron chi connectivity index (χ2n) is 4.15. The number of sulfone groups is 1. The van der Waals surface area contributed by atoms with Crippen LogP contribution in [0.5, 0.6) is 0 Å². The molecule has 100 valence electrons.